The van der Waals surface area contributed by atoms with Crippen molar-refractivity contribution in [3.8, 4) is 0 Å². The molecule has 1 aliphatic rings. The predicted octanol–water partition coefficient (Wildman–Crippen LogP) is 1.54. The van der Waals surface area contributed by atoms with Crippen molar-refractivity contribution < 1.29 is 17.9 Å². The van der Waals surface area contributed by atoms with Gasteiger partial charge < -0.3 is 26.8 Å². The molecule has 0 spiro atoms. The number of alkyl halides is 3. The van der Waals surface area contributed by atoms with E-state index in [-0.39, 0.29) is 29.8 Å². The van der Waals surface area contributed by atoms with Crippen LogP contribution in [0.25, 0.3) is 0 Å². The molecular formula is C15H21F3N6O. The molecule has 0 aliphatic carbocycles. The van der Waals surface area contributed by atoms with Gasteiger partial charge in [-0.25, -0.2) is 4.99 Å². The number of morpholine rings is 1. The van der Waals surface area contributed by atoms with Crippen LogP contribution in [-0.4, -0.2) is 37.2 Å². The van der Waals surface area contributed by atoms with Crippen molar-refractivity contribution >= 4 is 23.3 Å². The number of rotatable bonds is 2. The number of benzene rings is 1. The summed E-state index contributed by atoms with van der Waals surface area (Å²) >= 11 is 0. The van der Waals surface area contributed by atoms with Gasteiger partial charge in [0.2, 0.25) is 5.96 Å². The van der Waals surface area contributed by atoms with Crippen molar-refractivity contribution in [2.75, 3.05) is 18.0 Å². The highest BCUT2D eigenvalue weighted by Crippen LogP contribution is 2.37. The molecule has 1 saturated heterocycles. The summed E-state index contributed by atoms with van der Waals surface area (Å²) < 4.78 is 44.8. The van der Waals surface area contributed by atoms with Crippen LogP contribution < -0.4 is 22.1 Å². The molecule has 1 aromatic carbocycles. The molecule has 2 rings (SSSR count). The van der Waals surface area contributed by atoms with Crippen LogP contribution in [0.15, 0.2) is 28.2 Å². The van der Waals surface area contributed by atoms with Crippen molar-refractivity contribution in [2.24, 2.45) is 27.2 Å². The van der Waals surface area contributed by atoms with Crippen LogP contribution in [0.1, 0.15) is 19.4 Å². The van der Waals surface area contributed by atoms with Gasteiger partial charge in [0.15, 0.2) is 5.96 Å². The molecule has 0 radical (unpaired) electrons. The Bertz CT molecular complexity index is 674. The van der Waals surface area contributed by atoms with Crippen molar-refractivity contribution in [1.29, 1.82) is 0 Å². The molecule has 1 heterocycles. The molecule has 0 saturated carbocycles. The fourth-order valence-electron chi connectivity index (χ4n) is 2.71. The zero-order chi connectivity index (χ0) is 18.8. The smallest absolute Gasteiger partial charge is 0.372 e. The van der Waals surface area contributed by atoms with Gasteiger partial charge in [0, 0.05) is 13.1 Å². The molecule has 6 N–H and O–H groups in total. The third-order valence-electron chi connectivity index (χ3n) is 3.54. The Kier molecular flexibility index (Phi) is 5.41. The summed E-state index contributed by atoms with van der Waals surface area (Å²) in [4.78, 5) is 9.42. The van der Waals surface area contributed by atoms with Crippen molar-refractivity contribution in [1.82, 2.24) is 0 Å². The summed E-state index contributed by atoms with van der Waals surface area (Å²) in [5, 5.41) is 0. The number of anilines is 1. The van der Waals surface area contributed by atoms with Crippen molar-refractivity contribution in [3.63, 3.8) is 0 Å². The van der Waals surface area contributed by atoms with E-state index in [0.29, 0.717) is 18.8 Å². The highest BCUT2D eigenvalue weighted by molar-refractivity contribution is 5.94. The first-order chi connectivity index (χ1) is 11.6. The van der Waals surface area contributed by atoms with Crippen LogP contribution in [0, 0.1) is 0 Å². The van der Waals surface area contributed by atoms with Crippen molar-refractivity contribution in [2.45, 2.75) is 32.2 Å². The van der Waals surface area contributed by atoms with Crippen LogP contribution in [0.4, 0.5) is 24.5 Å². The Morgan fingerprint density at radius 3 is 2.28 bits per heavy atom. The maximum absolute atomic E-state index is 13.0. The molecule has 138 valence electrons. The maximum atomic E-state index is 13.0. The fourth-order valence-corrected chi connectivity index (χ4v) is 2.71. The van der Waals surface area contributed by atoms with E-state index >= 15 is 0 Å². The summed E-state index contributed by atoms with van der Waals surface area (Å²) in [7, 11) is 0. The summed E-state index contributed by atoms with van der Waals surface area (Å²) in [6, 6.07) is 3.31. The lowest BCUT2D eigenvalue weighted by molar-refractivity contribution is -0.137. The first-order valence-corrected chi connectivity index (χ1v) is 7.61. The quantitative estimate of drug-likeness (QED) is 0.548. The van der Waals surface area contributed by atoms with E-state index in [4.69, 9.17) is 21.9 Å². The first kappa shape index (κ1) is 18.8. The highest BCUT2D eigenvalue weighted by Gasteiger charge is 2.32. The molecule has 1 fully saturated rings. The summed E-state index contributed by atoms with van der Waals surface area (Å²) in [5.74, 6) is -0.654. The van der Waals surface area contributed by atoms with Gasteiger partial charge >= 0.3 is 6.18 Å². The number of nitrogens with two attached hydrogens (primary N) is 3. The number of nitrogens with zero attached hydrogens (tertiary/aromatic N) is 3. The van der Waals surface area contributed by atoms with E-state index < -0.39 is 11.7 Å². The van der Waals surface area contributed by atoms with E-state index in [1.165, 1.54) is 6.07 Å². The maximum Gasteiger partial charge on any atom is 0.416 e. The number of hydrogen-bond donors (Lipinski definition) is 3. The highest BCUT2D eigenvalue weighted by atomic mass is 19.4. The fraction of sp³-hybridized carbons (Fsp3) is 0.467. The average molecular weight is 358 g/mol. The minimum absolute atomic E-state index is 0.0404. The number of ether oxygens (including phenoxy) is 1. The van der Waals surface area contributed by atoms with E-state index in [1.54, 1.807) is 0 Å². The molecule has 7 nitrogen and oxygen atoms in total. The lowest BCUT2D eigenvalue weighted by atomic mass is 10.1. The second-order valence-electron chi connectivity index (χ2n) is 5.87. The van der Waals surface area contributed by atoms with Gasteiger partial charge in [-0.05, 0) is 32.0 Å². The van der Waals surface area contributed by atoms with Gasteiger partial charge in [0.25, 0.3) is 0 Å². The van der Waals surface area contributed by atoms with Crippen molar-refractivity contribution in [3.05, 3.63) is 23.8 Å². The second kappa shape index (κ2) is 7.18. The zero-order valence-corrected chi connectivity index (χ0v) is 13.9. The molecule has 1 aliphatic heterocycles. The predicted molar refractivity (Wildman–Crippen MR) is 90.8 cm³/mol. The summed E-state index contributed by atoms with van der Waals surface area (Å²) in [6.07, 6.45) is -4.64. The van der Waals surface area contributed by atoms with E-state index in [9.17, 15) is 13.2 Å². The molecule has 1 aromatic rings. The third-order valence-corrected chi connectivity index (χ3v) is 3.54. The van der Waals surface area contributed by atoms with Crippen LogP contribution in [-0.2, 0) is 10.9 Å². The van der Waals surface area contributed by atoms with Gasteiger partial charge in [0.05, 0.1) is 29.1 Å². The normalized spacial score (nSPS) is 22.0. The van der Waals surface area contributed by atoms with Crippen LogP contribution >= 0.6 is 0 Å². The molecular weight excluding hydrogens is 337 g/mol. The minimum Gasteiger partial charge on any atom is -0.372 e. The number of hydrogen-bond acceptors (Lipinski definition) is 3. The van der Waals surface area contributed by atoms with Gasteiger partial charge in [-0.3, -0.25) is 0 Å². The molecule has 0 aromatic heterocycles. The summed E-state index contributed by atoms with van der Waals surface area (Å²) in [6.45, 7) is 4.81. The Hall–Kier alpha value is -2.49. The number of halogens is 3. The standard InChI is InChI=1S/C15H21F3N6O/c1-8-6-24(7-9(2)25-8)12-4-3-10(15(16,17)18)5-11(12)22-14(21)23-13(19)20/h3-5,8-9H,6-7H2,1-2H3,(H6,19,20,21,22,23). The monoisotopic (exact) mass is 358 g/mol. The topological polar surface area (TPSA) is 115 Å². The summed E-state index contributed by atoms with van der Waals surface area (Å²) in [5.41, 5.74) is 15.8. The molecule has 10 heteroatoms. The lowest BCUT2D eigenvalue weighted by Gasteiger charge is -2.37. The van der Waals surface area contributed by atoms with E-state index in [0.717, 1.165) is 12.1 Å². The Labute approximate surface area is 143 Å². The Morgan fingerprint density at radius 1 is 1.16 bits per heavy atom. The van der Waals surface area contributed by atoms with E-state index in [1.807, 2.05) is 18.7 Å². The third kappa shape index (κ3) is 4.99. The van der Waals surface area contributed by atoms with Gasteiger partial charge in [-0.1, -0.05) is 0 Å². The first-order valence-electron chi connectivity index (χ1n) is 7.61. The second-order valence-corrected chi connectivity index (χ2v) is 5.87. The average Bonchev–Trinajstić information content (AvgIpc) is 2.44. The SMILES string of the molecule is CC1CN(c2ccc(C(F)(F)F)cc2N=C(N)N=C(N)N)CC(C)O1. The lowest BCUT2D eigenvalue weighted by Crippen LogP contribution is -2.45. The van der Waals surface area contributed by atoms with Gasteiger partial charge in [0.1, 0.15) is 0 Å². The van der Waals surface area contributed by atoms with Gasteiger partial charge in [-0.15, -0.1) is 0 Å². The van der Waals surface area contributed by atoms with Crippen LogP contribution in [0.5, 0.6) is 0 Å². The Morgan fingerprint density at radius 2 is 1.76 bits per heavy atom. The van der Waals surface area contributed by atoms with Gasteiger partial charge in [-0.2, -0.15) is 18.2 Å². The van der Waals surface area contributed by atoms with Crippen LogP contribution in [0.2, 0.25) is 0 Å². The largest absolute Gasteiger partial charge is 0.416 e. The zero-order valence-electron chi connectivity index (χ0n) is 13.9. The number of aliphatic imine (C=N–C) groups is 2. The molecule has 0 amide bonds. The molecule has 2 unspecified atom stereocenters. The van der Waals surface area contributed by atoms with Crippen LogP contribution in [0.3, 0.4) is 0 Å². The minimum atomic E-state index is -4.50. The molecule has 2 atom stereocenters. The molecule has 25 heavy (non-hydrogen) atoms. The molecule has 0 bridgehead atoms. The number of guanidine groups is 2. The van der Waals surface area contributed by atoms with E-state index in [2.05, 4.69) is 9.98 Å². The Balaban J connectivity index is 2.49.